The Morgan fingerprint density at radius 2 is 1.85 bits per heavy atom. The molecule has 0 unspecified atom stereocenters. The van der Waals surface area contributed by atoms with Gasteiger partial charge in [0.05, 0.1) is 0 Å². The smallest absolute Gasteiger partial charge is 0.0448 e. The van der Waals surface area contributed by atoms with E-state index in [0.717, 1.165) is 12.5 Å². The van der Waals surface area contributed by atoms with Crippen molar-refractivity contribution in [1.82, 2.24) is 5.32 Å². The van der Waals surface area contributed by atoms with E-state index in [1.165, 1.54) is 44.9 Å². The first-order valence-corrected chi connectivity index (χ1v) is 5.73. The molecule has 2 heteroatoms. The van der Waals surface area contributed by atoms with Crippen LogP contribution in [0, 0.1) is 0 Å². The molecule has 0 bridgehead atoms. The number of nitrogens with one attached hydrogen (secondary N) is 1. The van der Waals surface area contributed by atoms with Crippen molar-refractivity contribution in [3.63, 3.8) is 0 Å². The zero-order chi connectivity index (χ0) is 9.15. The van der Waals surface area contributed by atoms with Gasteiger partial charge in [0.25, 0.3) is 0 Å². The molecule has 76 valence electrons. The fourth-order valence-electron chi connectivity index (χ4n) is 2.51. The van der Waals surface area contributed by atoms with Crippen molar-refractivity contribution < 1.29 is 5.11 Å². The monoisotopic (exact) mass is 183 g/mol. The third-order valence-corrected chi connectivity index (χ3v) is 3.56. The fourth-order valence-corrected chi connectivity index (χ4v) is 2.51. The third-order valence-electron chi connectivity index (χ3n) is 3.56. The molecule has 0 amide bonds. The number of hydrogen-bond donors (Lipinski definition) is 2. The Balaban J connectivity index is 1.76. The Morgan fingerprint density at radius 1 is 1.15 bits per heavy atom. The summed E-state index contributed by atoms with van der Waals surface area (Å²) in [5.74, 6) is 0. The second-order valence-electron chi connectivity index (χ2n) is 4.73. The van der Waals surface area contributed by atoms with E-state index in [1.54, 1.807) is 0 Å². The van der Waals surface area contributed by atoms with Crippen LogP contribution in [0.5, 0.6) is 0 Å². The summed E-state index contributed by atoms with van der Waals surface area (Å²) < 4.78 is 0. The molecule has 0 aromatic heterocycles. The minimum absolute atomic E-state index is 0.347. The lowest BCUT2D eigenvalue weighted by Gasteiger charge is -2.28. The van der Waals surface area contributed by atoms with E-state index in [9.17, 15) is 0 Å². The molecule has 2 aliphatic carbocycles. The lowest BCUT2D eigenvalue weighted by molar-refractivity contribution is 0.239. The van der Waals surface area contributed by atoms with Crippen molar-refractivity contribution in [3.05, 3.63) is 0 Å². The summed E-state index contributed by atoms with van der Waals surface area (Å²) in [5.41, 5.74) is 0.358. The Hall–Kier alpha value is -0.0800. The molecule has 2 N–H and O–H groups in total. The van der Waals surface area contributed by atoms with E-state index < -0.39 is 0 Å². The normalized spacial score (nSPS) is 27.5. The molecule has 0 radical (unpaired) electrons. The van der Waals surface area contributed by atoms with Crippen LogP contribution in [-0.4, -0.2) is 23.3 Å². The summed E-state index contributed by atoms with van der Waals surface area (Å²) in [6, 6.07) is 0.753. The van der Waals surface area contributed by atoms with E-state index in [2.05, 4.69) is 5.32 Å². The van der Waals surface area contributed by atoms with Crippen molar-refractivity contribution in [2.75, 3.05) is 6.61 Å². The van der Waals surface area contributed by atoms with Crippen LogP contribution < -0.4 is 5.32 Å². The van der Waals surface area contributed by atoms with Gasteiger partial charge in [-0.1, -0.05) is 19.3 Å². The summed E-state index contributed by atoms with van der Waals surface area (Å²) in [6.45, 7) is 0.347. The average molecular weight is 183 g/mol. The molecule has 0 saturated heterocycles. The second kappa shape index (κ2) is 3.97. The molecule has 0 atom stereocenters. The quantitative estimate of drug-likeness (QED) is 0.697. The number of rotatable bonds is 4. The SMILES string of the molecule is OCCC1(NC2CCCCC2)CC1. The van der Waals surface area contributed by atoms with E-state index in [-0.39, 0.29) is 0 Å². The van der Waals surface area contributed by atoms with E-state index in [4.69, 9.17) is 5.11 Å². The highest BCUT2D eigenvalue weighted by Gasteiger charge is 2.42. The minimum atomic E-state index is 0.347. The number of aliphatic hydroxyl groups excluding tert-OH is 1. The van der Waals surface area contributed by atoms with Gasteiger partial charge in [0.2, 0.25) is 0 Å². The van der Waals surface area contributed by atoms with E-state index >= 15 is 0 Å². The largest absolute Gasteiger partial charge is 0.396 e. The third kappa shape index (κ3) is 2.44. The molecule has 0 aromatic carbocycles. The maximum absolute atomic E-state index is 8.93. The molecule has 0 spiro atoms. The molecule has 0 aliphatic heterocycles. The first kappa shape index (κ1) is 9.47. The van der Waals surface area contributed by atoms with Crippen LogP contribution in [0.4, 0.5) is 0 Å². The first-order valence-electron chi connectivity index (χ1n) is 5.73. The zero-order valence-electron chi connectivity index (χ0n) is 8.39. The van der Waals surface area contributed by atoms with Gasteiger partial charge in [0, 0.05) is 18.2 Å². The molecule has 13 heavy (non-hydrogen) atoms. The topological polar surface area (TPSA) is 32.3 Å². The van der Waals surface area contributed by atoms with Gasteiger partial charge in [-0.2, -0.15) is 0 Å². The fraction of sp³-hybridized carbons (Fsp3) is 1.00. The number of hydrogen-bond acceptors (Lipinski definition) is 2. The standard InChI is InChI=1S/C11H21NO/c13-9-8-11(6-7-11)12-10-4-2-1-3-5-10/h10,12-13H,1-9H2. The highest BCUT2D eigenvalue weighted by atomic mass is 16.3. The summed E-state index contributed by atoms with van der Waals surface area (Å²) in [7, 11) is 0. The van der Waals surface area contributed by atoms with Crippen LogP contribution >= 0.6 is 0 Å². The number of aliphatic hydroxyl groups is 1. The Morgan fingerprint density at radius 3 is 2.38 bits per heavy atom. The minimum Gasteiger partial charge on any atom is -0.396 e. The highest BCUT2D eigenvalue weighted by molar-refractivity contribution is 5.03. The van der Waals surface area contributed by atoms with Crippen LogP contribution in [0.3, 0.4) is 0 Å². The molecule has 2 saturated carbocycles. The molecule has 2 fully saturated rings. The van der Waals surface area contributed by atoms with Gasteiger partial charge in [-0.3, -0.25) is 0 Å². The summed E-state index contributed by atoms with van der Waals surface area (Å²) in [4.78, 5) is 0. The van der Waals surface area contributed by atoms with Crippen LogP contribution in [0.2, 0.25) is 0 Å². The van der Waals surface area contributed by atoms with Crippen LogP contribution in [0.1, 0.15) is 51.4 Å². The van der Waals surface area contributed by atoms with Crippen molar-refractivity contribution in [1.29, 1.82) is 0 Å². The maximum Gasteiger partial charge on any atom is 0.0448 e. The molecule has 2 aliphatic rings. The van der Waals surface area contributed by atoms with Crippen LogP contribution in [-0.2, 0) is 0 Å². The van der Waals surface area contributed by atoms with E-state index in [0.29, 0.717) is 12.1 Å². The summed E-state index contributed by atoms with van der Waals surface area (Å²) in [6.07, 6.45) is 10.4. The van der Waals surface area contributed by atoms with Gasteiger partial charge in [-0.05, 0) is 32.1 Å². The van der Waals surface area contributed by atoms with E-state index in [1.807, 2.05) is 0 Å². The Kier molecular flexibility index (Phi) is 2.89. The van der Waals surface area contributed by atoms with Crippen molar-refractivity contribution in [2.45, 2.75) is 62.9 Å². The van der Waals surface area contributed by atoms with Gasteiger partial charge >= 0.3 is 0 Å². The highest BCUT2D eigenvalue weighted by Crippen LogP contribution is 2.40. The Bertz CT molecular complexity index is 159. The van der Waals surface area contributed by atoms with Gasteiger partial charge in [-0.15, -0.1) is 0 Å². The van der Waals surface area contributed by atoms with Crippen molar-refractivity contribution in [3.8, 4) is 0 Å². The molecule has 0 aromatic rings. The van der Waals surface area contributed by atoms with Crippen molar-refractivity contribution >= 4 is 0 Å². The second-order valence-corrected chi connectivity index (χ2v) is 4.73. The molecule has 2 rings (SSSR count). The average Bonchev–Trinajstić information content (AvgIpc) is 2.87. The lowest BCUT2D eigenvalue weighted by Crippen LogP contribution is -2.41. The predicted molar refractivity (Wildman–Crippen MR) is 53.7 cm³/mol. The van der Waals surface area contributed by atoms with Gasteiger partial charge in [0.1, 0.15) is 0 Å². The molecular weight excluding hydrogens is 162 g/mol. The maximum atomic E-state index is 8.93. The predicted octanol–water partition coefficient (Wildman–Crippen LogP) is 1.82. The summed E-state index contributed by atoms with van der Waals surface area (Å²) >= 11 is 0. The zero-order valence-corrected chi connectivity index (χ0v) is 8.39. The molecule has 2 nitrogen and oxygen atoms in total. The van der Waals surface area contributed by atoms with Gasteiger partial charge in [-0.25, -0.2) is 0 Å². The Labute approximate surface area is 80.7 Å². The molecule has 0 heterocycles. The van der Waals surface area contributed by atoms with Gasteiger partial charge < -0.3 is 10.4 Å². The van der Waals surface area contributed by atoms with Crippen LogP contribution in [0.15, 0.2) is 0 Å². The van der Waals surface area contributed by atoms with Crippen molar-refractivity contribution in [2.24, 2.45) is 0 Å². The van der Waals surface area contributed by atoms with Crippen LogP contribution in [0.25, 0.3) is 0 Å². The molecular formula is C11H21NO. The lowest BCUT2D eigenvalue weighted by atomic mass is 9.94. The first-order chi connectivity index (χ1) is 6.35. The van der Waals surface area contributed by atoms with Gasteiger partial charge in [0.15, 0.2) is 0 Å². The summed E-state index contributed by atoms with van der Waals surface area (Å²) in [5, 5.41) is 12.7.